The Morgan fingerprint density at radius 3 is 2.66 bits per heavy atom. The summed E-state index contributed by atoms with van der Waals surface area (Å²) in [4.78, 5) is 12.5. The molecule has 0 fully saturated rings. The van der Waals surface area contributed by atoms with Crippen LogP contribution in [0.25, 0.3) is 5.69 Å². The minimum atomic E-state index is -4.56. The van der Waals surface area contributed by atoms with Gasteiger partial charge in [-0.15, -0.1) is 10.2 Å². The van der Waals surface area contributed by atoms with Crippen LogP contribution >= 0.6 is 23.4 Å². The summed E-state index contributed by atoms with van der Waals surface area (Å²) in [5, 5.41) is 10.5. The number of hydrogen-bond acceptors (Lipinski definition) is 4. The maximum atomic E-state index is 13.1. The SMILES string of the molecule is Cc1ccc(-n2cnnc2SC(C)C(=O)Nc2ccccc2C(F)(F)F)cc1Cl. The molecule has 0 aliphatic rings. The van der Waals surface area contributed by atoms with Crippen molar-refractivity contribution in [3.63, 3.8) is 0 Å². The Kier molecular flexibility index (Phi) is 6.18. The predicted octanol–water partition coefficient (Wildman–Crippen LogP) is 5.37. The molecule has 1 unspecified atom stereocenters. The third-order valence-corrected chi connectivity index (χ3v) is 5.56. The number of alkyl halides is 3. The lowest BCUT2D eigenvalue weighted by Crippen LogP contribution is -2.24. The summed E-state index contributed by atoms with van der Waals surface area (Å²) < 4.78 is 41.0. The number of thioether (sulfide) groups is 1. The quantitative estimate of drug-likeness (QED) is 0.542. The third kappa shape index (κ3) is 4.91. The zero-order chi connectivity index (χ0) is 21.2. The summed E-state index contributed by atoms with van der Waals surface area (Å²) in [5.74, 6) is -0.580. The molecule has 5 nitrogen and oxygen atoms in total. The number of aromatic nitrogens is 3. The fraction of sp³-hybridized carbons (Fsp3) is 0.211. The van der Waals surface area contributed by atoms with Gasteiger partial charge in [0.2, 0.25) is 5.91 Å². The Balaban J connectivity index is 1.77. The molecule has 152 valence electrons. The smallest absolute Gasteiger partial charge is 0.325 e. The van der Waals surface area contributed by atoms with E-state index in [1.54, 1.807) is 17.6 Å². The van der Waals surface area contributed by atoms with E-state index >= 15 is 0 Å². The van der Waals surface area contributed by atoms with Gasteiger partial charge in [-0.05, 0) is 43.7 Å². The number of benzene rings is 2. The molecule has 29 heavy (non-hydrogen) atoms. The standard InChI is InChI=1S/C19H16ClF3N4OS/c1-11-7-8-13(9-15(11)20)27-10-24-26-18(27)29-12(2)17(28)25-16-6-4-3-5-14(16)19(21,22)23/h3-10,12H,1-2H3,(H,25,28). The highest BCUT2D eigenvalue weighted by Gasteiger charge is 2.34. The molecular formula is C19H16ClF3N4OS. The van der Waals surface area contributed by atoms with Crippen LogP contribution in [0.3, 0.4) is 0 Å². The molecule has 0 aliphatic heterocycles. The van der Waals surface area contributed by atoms with Gasteiger partial charge in [-0.25, -0.2) is 0 Å². The van der Waals surface area contributed by atoms with Crippen LogP contribution < -0.4 is 5.32 Å². The number of para-hydroxylation sites is 1. The third-order valence-electron chi connectivity index (χ3n) is 4.09. The van der Waals surface area contributed by atoms with Gasteiger partial charge in [0.1, 0.15) is 6.33 Å². The molecule has 1 atom stereocenters. The van der Waals surface area contributed by atoms with Crippen molar-refractivity contribution in [2.75, 3.05) is 5.32 Å². The zero-order valence-electron chi connectivity index (χ0n) is 15.4. The predicted molar refractivity (Wildman–Crippen MR) is 106 cm³/mol. The number of carbonyl (C=O) groups excluding carboxylic acids is 1. The summed E-state index contributed by atoms with van der Waals surface area (Å²) >= 11 is 7.24. The molecule has 3 aromatic rings. The molecule has 1 heterocycles. The monoisotopic (exact) mass is 440 g/mol. The van der Waals surface area contributed by atoms with E-state index in [1.165, 1.54) is 24.5 Å². The van der Waals surface area contributed by atoms with E-state index in [0.29, 0.717) is 15.9 Å². The lowest BCUT2D eigenvalue weighted by molar-refractivity contribution is -0.137. The lowest BCUT2D eigenvalue weighted by Gasteiger charge is -2.16. The first-order chi connectivity index (χ1) is 13.7. The van der Waals surface area contributed by atoms with Crippen molar-refractivity contribution >= 4 is 35.0 Å². The number of halogens is 4. The van der Waals surface area contributed by atoms with Gasteiger partial charge in [0.05, 0.1) is 22.2 Å². The van der Waals surface area contributed by atoms with Crippen molar-refractivity contribution in [2.24, 2.45) is 0 Å². The number of hydrogen-bond donors (Lipinski definition) is 1. The maximum absolute atomic E-state index is 13.1. The Labute approximate surface area is 174 Å². The van der Waals surface area contributed by atoms with E-state index in [4.69, 9.17) is 11.6 Å². The van der Waals surface area contributed by atoms with Crippen molar-refractivity contribution in [3.05, 3.63) is 64.9 Å². The molecule has 0 aliphatic carbocycles. The lowest BCUT2D eigenvalue weighted by atomic mass is 10.1. The van der Waals surface area contributed by atoms with Crippen LogP contribution in [0.1, 0.15) is 18.1 Å². The summed E-state index contributed by atoms with van der Waals surface area (Å²) in [6, 6.07) is 10.3. The zero-order valence-corrected chi connectivity index (χ0v) is 16.9. The fourth-order valence-electron chi connectivity index (χ4n) is 2.50. The van der Waals surface area contributed by atoms with E-state index in [-0.39, 0.29) is 5.69 Å². The number of carbonyl (C=O) groups is 1. The van der Waals surface area contributed by atoms with Crippen LogP contribution in [0.15, 0.2) is 53.9 Å². The second-order valence-electron chi connectivity index (χ2n) is 6.21. The minimum Gasteiger partial charge on any atom is -0.325 e. The van der Waals surface area contributed by atoms with Crippen LogP contribution in [0.2, 0.25) is 5.02 Å². The van der Waals surface area contributed by atoms with Crippen LogP contribution in [-0.4, -0.2) is 25.9 Å². The molecule has 0 saturated heterocycles. The molecule has 1 aromatic heterocycles. The number of anilines is 1. The summed E-state index contributed by atoms with van der Waals surface area (Å²) in [5.41, 5.74) is 0.434. The van der Waals surface area contributed by atoms with Gasteiger partial charge in [0.15, 0.2) is 5.16 Å². The highest BCUT2D eigenvalue weighted by molar-refractivity contribution is 8.00. The van der Waals surface area contributed by atoms with Gasteiger partial charge >= 0.3 is 6.18 Å². The van der Waals surface area contributed by atoms with E-state index in [9.17, 15) is 18.0 Å². The van der Waals surface area contributed by atoms with Gasteiger partial charge in [-0.2, -0.15) is 13.2 Å². The number of amides is 1. The molecule has 10 heteroatoms. The summed E-state index contributed by atoms with van der Waals surface area (Å²) in [6.45, 7) is 3.45. The van der Waals surface area contributed by atoms with Crippen molar-refractivity contribution in [2.45, 2.75) is 30.4 Å². The second kappa shape index (κ2) is 8.46. The first-order valence-corrected chi connectivity index (χ1v) is 9.73. The second-order valence-corrected chi connectivity index (χ2v) is 7.92. The molecule has 0 saturated carbocycles. The highest BCUT2D eigenvalue weighted by atomic mass is 35.5. The number of rotatable bonds is 5. The molecule has 2 aromatic carbocycles. The van der Waals surface area contributed by atoms with E-state index in [0.717, 1.165) is 23.4 Å². The Bertz CT molecular complexity index is 1040. The molecule has 1 amide bonds. The number of nitrogens with one attached hydrogen (secondary N) is 1. The van der Waals surface area contributed by atoms with Gasteiger partial charge in [0.25, 0.3) is 0 Å². The van der Waals surface area contributed by atoms with Crippen LogP contribution in [-0.2, 0) is 11.0 Å². The molecule has 0 radical (unpaired) electrons. The maximum Gasteiger partial charge on any atom is 0.418 e. The Morgan fingerprint density at radius 2 is 1.97 bits per heavy atom. The van der Waals surface area contributed by atoms with Crippen LogP contribution in [0.5, 0.6) is 0 Å². The molecule has 1 N–H and O–H groups in total. The largest absolute Gasteiger partial charge is 0.418 e. The number of aryl methyl sites for hydroxylation is 1. The fourth-order valence-corrected chi connectivity index (χ4v) is 3.52. The molecule has 0 bridgehead atoms. The average molecular weight is 441 g/mol. The first kappa shape index (κ1) is 21.2. The van der Waals surface area contributed by atoms with Crippen molar-refractivity contribution < 1.29 is 18.0 Å². The number of nitrogens with zero attached hydrogens (tertiary/aromatic N) is 3. The van der Waals surface area contributed by atoms with E-state index in [1.807, 2.05) is 19.1 Å². The summed E-state index contributed by atoms with van der Waals surface area (Å²) in [7, 11) is 0. The molecular weight excluding hydrogens is 425 g/mol. The molecule has 0 spiro atoms. The van der Waals surface area contributed by atoms with Crippen molar-refractivity contribution in [1.82, 2.24) is 14.8 Å². The van der Waals surface area contributed by atoms with Gasteiger partial charge in [-0.3, -0.25) is 9.36 Å². The van der Waals surface area contributed by atoms with E-state index in [2.05, 4.69) is 15.5 Å². The van der Waals surface area contributed by atoms with Crippen LogP contribution in [0.4, 0.5) is 18.9 Å². The first-order valence-electron chi connectivity index (χ1n) is 8.47. The van der Waals surface area contributed by atoms with Gasteiger partial charge in [-0.1, -0.05) is 41.6 Å². The highest BCUT2D eigenvalue weighted by Crippen LogP contribution is 2.35. The van der Waals surface area contributed by atoms with E-state index < -0.39 is 22.9 Å². The minimum absolute atomic E-state index is 0.288. The Morgan fingerprint density at radius 1 is 1.24 bits per heavy atom. The topological polar surface area (TPSA) is 59.8 Å². The molecule has 3 rings (SSSR count). The van der Waals surface area contributed by atoms with Gasteiger partial charge in [0, 0.05) is 5.02 Å². The Hall–Kier alpha value is -2.52. The van der Waals surface area contributed by atoms with Crippen LogP contribution in [0, 0.1) is 6.92 Å². The van der Waals surface area contributed by atoms with Crippen molar-refractivity contribution in [3.8, 4) is 5.69 Å². The van der Waals surface area contributed by atoms with Crippen molar-refractivity contribution in [1.29, 1.82) is 0 Å². The van der Waals surface area contributed by atoms with Gasteiger partial charge < -0.3 is 5.32 Å². The average Bonchev–Trinajstić information content (AvgIpc) is 3.11. The summed E-state index contributed by atoms with van der Waals surface area (Å²) in [6.07, 6.45) is -3.09. The normalized spacial score (nSPS) is 12.6.